The average Bonchev–Trinajstić information content (AvgIpc) is 3.34. The maximum atomic E-state index is 12.9. The number of aromatic nitrogens is 4. The predicted octanol–water partition coefficient (Wildman–Crippen LogP) is 2.19. The van der Waals surface area contributed by atoms with Crippen LogP contribution in [0.25, 0.3) is 5.69 Å². The highest BCUT2D eigenvalue weighted by Gasteiger charge is 2.34. The van der Waals surface area contributed by atoms with E-state index in [1.54, 1.807) is 36.1 Å². The molecule has 28 heavy (non-hydrogen) atoms. The van der Waals surface area contributed by atoms with Crippen LogP contribution in [0.2, 0.25) is 0 Å². The molecule has 0 N–H and O–H groups in total. The smallest absolute Gasteiger partial charge is 0.338 e. The third-order valence-corrected chi connectivity index (χ3v) is 4.79. The molecule has 0 saturated carbocycles. The summed E-state index contributed by atoms with van der Waals surface area (Å²) in [6.45, 7) is 3.59. The Balaban J connectivity index is 1.45. The van der Waals surface area contributed by atoms with Gasteiger partial charge < -0.3 is 9.64 Å². The van der Waals surface area contributed by atoms with E-state index < -0.39 is 12.1 Å². The van der Waals surface area contributed by atoms with Gasteiger partial charge in [0.15, 0.2) is 6.10 Å². The number of nitrogens with zero attached hydrogens (tertiary/aromatic N) is 5. The topological polar surface area (TPSA) is 90.2 Å². The van der Waals surface area contributed by atoms with Gasteiger partial charge >= 0.3 is 5.97 Å². The van der Waals surface area contributed by atoms with Gasteiger partial charge in [-0.05, 0) is 66.6 Å². The molecular formula is C20H19N5O3. The van der Waals surface area contributed by atoms with Crippen molar-refractivity contribution in [1.29, 1.82) is 0 Å². The fourth-order valence-corrected chi connectivity index (χ4v) is 3.41. The zero-order chi connectivity index (χ0) is 19.7. The molecule has 142 valence electrons. The molecule has 2 aromatic carbocycles. The largest absolute Gasteiger partial charge is 0.449 e. The second-order valence-electron chi connectivity index (χ2n) is 6.74. The third-order valence-electron chi connectivity index (χ3n) is 4.79. The summed E-state index contributed by atoms with van der Waals surface area (Å²) in [4.78, 5) is 27.1. The maximum Gasteiger partial charge on any atom is 0.338 e. The molecule has 2 heterocycles. The first-order chi connectivity index (χ1) is 13.5. The number of para-hydroxylation sites is 1. The summed E-state index contributed by atoms with van der Waals surface area (Å²) in [6, 6.07) is 14.5. The van der Waals surface area contributed by atoms with Gasteiger partial charge in [-0.1, -0.05) is 18.2 Å². The van der Waals surface area contributed by atoms with E-state index in [9.17, 15) is 9.59 Å². The molecule has 0 aliphatic carbocycles. The van der Waals surface area contributed by atoms with E-state index in [2.05, 4.69) is 15.5 Å². The molecule has 1 aliphatic heterocycles. The van der Waals surface area contributed by atoms with Crippen molar-refractivity contribution >= 4 is 17.6 Å². The molecule has 1 aliphatic rings. The van der Waals surface area contributed by atoms with E-state index >= 15 is 0 Å². The molecular weight excluding hydrogens is 358 g/mol. The molecule has 3 aromatic rings. The van der Waals surface area contributed by atoms with Crippen molar-refractivity contribution in [2.45, 2.75) is 32.4 Å². The van der Waals surface area contributed by atoms with E-state index in [1.165, 1.54) is 11.0 Å². The number of carbonyl (C=O) groups is 2. The number of benzene rings is 2. The van der Waals surface area contributed by atoms with Crippen LogP contribution in [0.5, 0.6) is 0 Å². The number of fused-ring (bicyclic) bond motifs is 1. The van der Waals surface area contributed by atoms with Gasteiger partial charge in [0.05, 0.1) is 11.3 Å². The van der Waals surface area contributed by atoms with Gasteiger partial charge in [0.2, 0.25) is 0 Å². The number of ether oxygens (including phenoxy) is 1. The van der Waals surface area contributed by atoms with Crippen LogP contribution in [-0.2, 0) is 16.0 Å². The fraction of sp³-hybridized carbons (Fsp3) is 0.250. The molecule has 0 saturated heterocycles. The Hall–Kier alpha value is -3.55. The minimum Gasteiger partial charge on any atom is -0.449 e. The molecule has 8 heteroatoms. The first-order valence-corrected chi connectivity index (χ1v) is 9.00. The number of tetrazole rings is 1. The molecule has 0 radical (unpaired) electrons. The monoisotopic (exact) mass is 377 g/mol. The minimum atomic E-state index is -0.889. The van der Waals surface area contributed by atoms with Gasteiger partial charge in [-0.15, -0.1) is 5.10 Å². The summed E-state index contributed by atoms with van der Waals surface area (Å²) in [5.74, 6) is -0.777. The van der Waals surface area contributed by atoms with Crippen LogP contribution in [0.15, 0.2) is 54.9 Å². The van der Waals surface area contributed by atoms with Gasteiger partial charge in [-0.2, -0.15) is 0 Å². The third kappa shape index (κ3) is 3.24. The van der Waals surface area contributed by atoms with Crippen LogP contribution < -0.4 is 4.90 Å². The number of hydrogen-bond donors (Lipinski definition) is 0. The molecule has 0 bridgehead atoms. The van der Waals surface area contributed by atoms with Crippen LogP contribution in [0.3, 0.4) is 0 Å². The molecule has 1 amide bonds. The zero-order valence-electron chi connectivity index (χ0n) is 15.5. The van der Waals surface area contributed by atoms with E-state index in [-0.39, 0.29) is 11.9 Å². The fourth-order valence-electron chi connectivity index (χ4n) is 3.41. The Kier molecular flexibility index (Phi) is 4.60. The number of carbonyl (C=O) groups excluding carboxylic acids is 2. The highest BCUT2D eigenvalue weighted by molar-refractivity contribution is 6.00. The van der Waals surface area contributed by atoms with Crippen molar-refractivity contribution in [3.05, 3.63) is 66.0 Å². The number of esters is 1. The Morgan fingerprint density at radius 2 is 1.89 bits per heavy atom. The van der Waals surface area contributed by atoms with Crippen molar-refractivity contribution in [3.63, 3.8) is 0 Å². The Morgan fingerprint density at radius 3 is 2.61 bits per heavy atom. The van der Waals surface area contributed by atoms with E-state index in [1.807, 2.05) is 31.2 Å². The van der Waals surface area contributed by atoms with Gasteiger partial charge in [-0.25, -0.2) is 9.48 Å². The maximum absolute atomic E-state index is 12.9. The molecule has 0 spiro atoms. The second kappa shape index (κ2) is 7.22. The van der Waals surface area contributed by atoms with E-state index in [0.717, 1.165) is 17.7 Å². The van der Waals surface area contributed by atoms with Crippen molar-refractivity contribution in [1.82, 2.24) is 20.2 Å². The predicted molar refractivity (Wildman–Crippen MR) is 101 cm³/mol. The quantitative estimate of drug-likeness (QED) is 0.648. The SMILES string of the molecule is CC(OC(=O)c1ccc(-n2cnnn2)cc1)C(=O)N1c2ccccc2CC1C. The Labute approximate surface area is 161 Å². The summed E-state index contributed by atoms with van der Waals surface area (Å²) in [7, 11) is 0. The number of anilines is 1. The zero-order valence-corrected chi connectivity index (χ0v) is 15.5. The van der Waals surface area contributed by atoms with Crippen LogP contribution in [-0.4, -0.2) is 44.2 Å². The van der Waals surface area contributed by atoms with E-state index in [4.69, 9.17) is 4.74 Å². The minimum absolute atomic E-state index is 0.0293. The molecule has 1 aromatic heterocycles. The van der Waals surface area contributed by atoms with Crippen LogP contribution in [0.4, 0.5) is 5.69 Å². The molecule has 2 atom stereocenters. The highest BCUT2D eigenvalue weighted by atomic mass is 16.5. The first-order valence-electron chi connectivity index (χ1n) is 9.00. The first kappa shape index (κ1) is 17.8. The number of rotatable bonds is 4. The molecule has 4 rings (SSSR count). The lowest BCUT2D eigenvalue weighted by atomic mass is 10.1. The Morgan fingerprint density at radius 1 is 1.14 bits per heavy atom. The molecule has 0 fully saturated rings. The van der Waals surface area contributed by atoms with Crippen LogP contribution in [0, 0.1) is 0 Å². The van der Waals surface area contributed by atoms with Gasteiger partial charge in [0, 0.05) is 11.7 Å². The molecule has 8 nitrogen and oxygen atoms in total. The number of hydrogen-bond acceptors (Lipinski definition) is 6. The van der Waals surface area contributed by atoms with Crippen molar-refractivity contribution in [3.8, 4) is 5.69 Å². The summed E-state index contributed by atoms with van der Waals surface area (Å²) < 4.78 is 6.91. The van der Waals surface area contributed by atoms with Gasteiger partial charge in [-0.3, -0.25) is 4.79 Å². The van der Waals surface area contributed by atoms with E-state index in [0.29, 0.717) is 11.3 Å². The van der Waals surface area contributed by atoms with Gasteiger partial charge in [0.1, 0.15) is 6.33 Å². The van der Waals surface area contributed by atoms with Crippen LogP contribution in [0.1, 0.15) is 29.8 Å². The van der Waals surface area contributed by atoms with Crippen molar-refractivity contribution < 1.29 is 14.3 Å². The van der Waals surface area contributed by atoms with Gasteiger partial charge in [0.25, 0.3) is 5.91 Å². The molecule has 2 unspecified atom stereocenters. The van der Waals surface area contributed by atoms with Crippen molar-refractivity contribution in [2.75, 3.05) is 4.90 Å². The lowest BCUT2D eigenvalue weighted by Gasteiger charge is -2.25. The summed E-state index contributed by atoms with van der Waals surface area (Å²) >= 11 is 0. The standard InChI is InChI=1S/C20H19N5O3/c1-13-11-16-5-3-4-6-18(16)25(13)19(26)14(2)28-20(27)15-7-9-17(10-8-15)24-12-21-22-23-24/h3-10,12-14H,11H2,1-2H3. The average molecular weight is 377 g/mol. The highest BCUT2D eigenvalue weighted by Crippen LogP contribution is 2.32. The summed E-state index contributed by atoms with van der Waals surface area (Å²) in [5, 5.41) is 10.9. The summed E-state index contributed by atoms with van der Waals surface area (Å²) in [6.07, 6.45) is 1.37. The summed E-state index contributed by atoms with van der Waals surface area (Å²) in [5.41, 5.74) is 3.08. The lowest BCUT2D eigenvalue weighted by Crippen LogP contribution is -2.43. The van der Waals surface area contributed by atoms with Crippen molar-refractivity contribution in [2.24, 2.45) is 0 Å². The lowest BCUT2D eigenvalue weighted by molar-refractivity contribution is -0.126. The van der Waals surface area contributed by atoms with Crippen LogP contribution >= 0.6 is 0 Å². The second-order valence-corrected chi connectivity index (χ2v) is 6.74. The number of amides is 1. The normalized spacial score (nSPS) is 16.5. The Bertz CT molecular complexity index is 1000.